The molecule has 1 aliphatic rings. The van der Waals surface area contributed by atoms with E-state index in [1.165, 1.54) is 5.01 Å². The van der Waals surface area contributed by atoms with Crippen LogP contribution in [0.2, 0.25) is 0 Å². The Morgan fingerprint density at radius 2 is 1.33 bits per heavy atom. The van der Waals surface area contributed by atoms with Crippen molar-refractivity contribution >= 4 is 0 Å². The Hall–Kier alpha value is -2.36. The van der Waals surface area contributed by atoms with E-state index in [1.54, 1.807) is 0 Å². The normalized spacial score (nSPS) is 13.4. The molecule has 0 spiro atoms. The minimum absolute atomic E-state index is 0.321. The van der Waals surface area contributed by atoms with Crippen LogP contribution in [0.25, 0.3) is 11.1 Å². The van der Waals surface area contributed by atoms with Gasteiger partial charge in [0.05, 0.1) is 0 Å². The molecule has 90 valence electrons. The van der Waals surface area contributed by atoms with Crippen molar-refractivity contribution in [1.82, 2.24) is 5.01 Å². The molecule has 0 radical (unpaired) electrons. The zero-order valence-electron chi connectivity index (χ0n) is 9.74. The van der Waals surface area contributed by atoms with Crippen LogP contribution in [0, 0.1) is 10.1 Å². The van der Waals surface area contributed by atoms with E-state index < -0.39 is 0 Å². The van der Waals surface area contributed by atoms with Gasteiger partial charge in [0.2, 0.25) is 0 Å². The van der Waals surface area contributed by atoms with Gasteiger partial charge in [0.25, 0.3) is 0 Å². The zero-order valence-corrected chi connectivity index (χ0v) is 9.74. The van der Waals surface area contributed by atoms with E-state index in [4.69, 9.17) is 0 Å². The number of hydrogen-bond acceptors (Lipinski definition) is 2. The van der Waals surface area contributed by atoms with Gasteiger partial charge in [-0.3, -0.25) is 0 Å². The molecule has 0 aromatic heterocycles. The number of rotatable bonds is 1. The smallest absolute Gasteiger partial charge is 0.160 e. The molecule has 0 N–H and O–H groups in total. The molecule has 4 heteroatoms. The topological polar surface area (TPSA) is 46.4 Å². The minimum atomic E-state index is -0.321. The van der Waals surface area contributed by atoms with E-state index in [9.17, 15) is 10.1 Å². The van der Waals surface area contributed by atoms with Crippen molar-refractivity contribution in [3.8, 4) is 11.1 Å². The number of benzene rings is 2. The molecule has 4 nitrogen and oxygen atoms in total. The maximum atomic E-state index is 11.1. The monoisotopic (exact) mass is 240 g/mol. The Morgan fingerprint density at radius 1 is 0.889 bits per heavy atom. The largest absolute Gasteiger partial charge is 0.235 e. The average molecular weight is 240 g/mol. The zero-order chi connectivity index (χ0) is 12.5. The fourth-order valence-corrected chi connectivity index (χ4v) is 2.41. The van der Waals surface area contributed by atoms with Crippen LogP contribution >= 0.6 is 0 Å². The first kappa shape index (κ1) is 10.8. The fourth-order valence-electron chi connectivity index (χ4n) is 2.41. The second-order valence-electron chi connectivity index (χ2n) is 4.37. The summed E-state index contributed by atoms with van der Waals surface area (Å²) in [5.74, 6) is 0. The standard InChI is InChI=1S/C14H12N2O2/c17-16(18)15-9-11-5-1-3-7-13(11)14-8-4-2-6-12(14)10-15/h1-8H,9-10H2. The summed E-state index contributed by atoms with van der Waals surface area (Å²) < 4.78 is 0. The molecular weight excluding hydrogens is 228 g/mol. The fraction of sp³-hybridized carbons (Fsp3) is 0.143. The Morgan fingerprint density at radius 3 is 1.78 bits per heavy atom. The minimum Gasteiger partial charge on any atom is -0.235 e. The van der Waals surface area contributed by atoms with Crippen LogP contribution in [0.3, 0.4) is 0 Å². The lowest BCUT2D eigenvalue weighted by atomic mass is 9.97. The van der Waals surface area contributed by atoms with Gasteiger partial charge in [-0.1, -0.05) is 48.5 Å². The summed E-state index contributed by atoms with van der Waals surface area (Å²) in [7, 11) is 0. The summed E-state index contributed by atoms with van der Waals surface area (Å²) in [4.78, 5) is 11.1. The quantitative estimate of drug-likeness (QED) is 0.568. The predicted octanol–water partition coefficient (Wildman–Crippen LogP) is 2.86. The van der Waals surface area contributed by atoms with Crippen molar-refractivity contribution in [2.24, 2.45) is 0 Å². The summed E-state index contributed by atoms with van der Waals surface area (Å²) in [6.45, 7) is 0.690. The highest BCUT2D eigenvalue weighted by atomic mass is 16.7. The highest BCUT2D eigenvalue weighted by Crippen LogP contribution is 2.32. The molecule has 0 bridgehead atoms. The van der Waals surface area contributed by atoms with Gasteiger partial charge in [0.1, 0.15) is 13.1 Å². The summed E-state index contributed by atoms with van der Waals surface area (Å²) in [6.07, 6.45) is 0. The molecular formula is C14H12N2O2. The first-order chi connectivity index (χ1) is 8.75. The second kappa shape index (κ2) is 4.14. The first-order valence-electron chi connectivity index (χ1n) is 5.81. The molecule has 0 atom stereocenters. The van der Waals surface area contributed by atoms with Crippen LogP contribution in [-0.2, 0) is 13.1 Å². The van der Waals surface area contributed by atoms with Crippen molar-refractivity contribution in [2.75, 3.05) is 0 Å². The highest BCUT2D eigenvalue weighted by Gasteiger charge is 2.23. The molecule has 2 aromatic rings. The third-order valence-electron chi connectivity index (χ3n) is 3.26. The number of nitrogens with zero attached hydrogens (tertiary/aromatic N) is 2. The van der Waals surface area contributed by atoms with Gasteiger partial charge >= 0.3 is 0 Å². The highest BCUT2D eigenvalue weighted by molar-refractivity contribution is 5.71. The molecule has 18 heavy (non-hydrogen) atoms. The van der Waals surface area contributed by atoms with Gasteiger partial charge in [-0.05, 0) is 22.3 Å². The van der Waals surface area contributed by atoms with Crippen molar-refractivity contribution in [1.29, 1.82) is 0 Å². The number of hydrazine groups is 1. The molecule has 1 aliphatic heterocycles. The summed E-state index contributed by atoms with van der Waals surface area (Å²) >= 11 is 0. The third-order valence-corrected chi connectivity index (χ3v) is 3.26. The van der Waals surface area contributed by atoms with Crippen LogP contribution in [0.15, 0.2) is 48.5 Å². The lowest BCUT2D eigenvalue weighted by Gasteiger charge is -2.11. The Balaban J connectivity index is 2.21. The lowest BCUT2D eigenvalue weighted by Crippen LogP contribution is -2.28. The molecule has 1 heterocycles. The Labute approximate surface area is 105 Å². The van der Waals surface area contributed by atoms with Crippen LogP contribution in [0.1, 0.15) is 11.1 Å². The van der Waals surface area contributed by atoms with Crippen molar-refractivity contribution in [3.05, 3.63) is 69.8 Å². The van der Waals surface area contributed by atoms with Crippen LogP contribution in [-0.4, -0.2) is 10.0 Å². The van der Waals surface area contributed by atoms with Crippen LogP contribution in [0.4, 0.5) is 0 Å². The van der Waals surface area contributed by atoms with Gasteiger partial charge in [0.15, 0.2) is 5.03 Å². The van der Waals surface area contributed by atoms with Crippen LogP contribution in [0.5, 0.6) is 0 Å². The molecule has 0 unspecified atom stereocenters. The molecule has 0 aliphatic carbocycles. The van der Waals surface area contributed by atoms with E-state index in [-0.39, 0.29) is 5.03 Å². The maximum absolute atomic E-state index is 11.1. The molecule has 2 aromatic carbocycles. The third kappa shape index (κ3) is 1.72. The molecule has 0 fully saturated rings. The van der Waals surface area contributed by atoms with Gasteiger partial charge in [0, 0.05) is 0 Å². The Bertz CT molecular complexity index is 563. The number of fused-ring (bicyclic) bond motifs is 3. The summed E-state index contributed by atoms with van der Waals surface area (Å²) in [6, 6.07) is 15.7. The van der Waals surface area contributed by atoms with Gasteiger partial charge in [-0.25, -0.2) is 10.1 Å². The average Bonchev–Trinajstić information content (AvgIpc) is 2.55. The molecule has 0 saturated heterocycles. The predicted molar refractivity (Wildman–Crippen MR) is 68.1 cm³/mol. The number of hydrogen-bond donors (Lipinski definition) is 0. The first-order valence-corrected chi connectivity index (χ1v) is 5.81. The van der Waals surface area contributed by atoms with E-state index in [0.29, 0.717) is 13.1 Å². The SMILES string of the molecule is O=[N+]([O-])N1Cc2ccccc2-c2ccccc2C1. The van der Waals surface area contributed by atoms with Crippen molar-refractivity contribution < 1.29 is 5.03 Å². The van der Waals surface area contributed by atoms with E-state index >= 15 is 0 Å². The van der Waals surface area contributed by atoms with Gasteiger partial charge in [-0.15, -0.1) is 5.01 Å². The Kier molecular flexibility index (Phi) is 2.48. The van der Waals surface area contributed by atoms with Gasteiger partial charge < -0.3 is 0 Å². The molecule has 0 saturated carbocycles. The maximum Gasteiger partial charge on any atom is 0.160 e. The van der Waals surface area contributed by atoms with E-state index in [0.717, 1.165) is 22.3 Å². The lowest BCUT2D eigenvalue weighted by molar-refractivity contribution is -0.663. The van der Waals surface area contributed by atoms with Crippen LogP contribution < -0.4 is 0 Å². The summed E-state index contributed by atoms with van der Waals surface area (Å²) in [5, 5.41) is 12.0. The van der Waals surface area contributed by atoms with Crippen molar-refractivity contribution in [2.45, 2.75) is 13.1 Å². The number of nitro groups is 1. The van der Waals surface area contributed by atoms with E-state index in [1.807, 2.05) is 48.5 Å². The molecule has 0 amide bonds. The van der Waals surface area contributed by atoms with Gasteiger partial charge in [-0.2, -0.15) is 0 Å². The van der Waals surface area contributed by atoms with Crippen molar-refractivity contribution in [3.63, 3.8) is 0 Å². The molecule has 3 rings (SSSR count). The van der Waals surface area contributed by atoms with E-state index in [2.05, 4.69) is 0 Å². The summed E-state index contributed by atoms with van der Waals surface area (Å²) in [5.41, 5.74) is 4.19. The second-order valence-corrected chi connectivity index (χ2v) is 4.37.